The van der Waals surface area contributed by atoms with Crippen LogP contribution in [0.15, 0.2) is 12.1 Å². The molecular weight excluding hydrogens is 267 g/mol. The van der Waals surface area contributed by atoms with Crippen LogP contribution in [0.2, 0.25) is 0 Å². The van der Waals surface area contributed by atoms with Gasteiger partial charge in [-0.2, -0.15) is 0 Å². The van der Waals surface area contributed by atoms with Gasteiger partial charge >= 0.3 is 0 Å². The molecule has 0 saturated carbocycles. The molecule has 0 aliphatic carbocycles. The highest BCUT2D eigenvalue weighted by molar-refractivity contribution is 5.78. The van der Waals surface area contributed by atoms with Gasteiger partial charge in [0.15, 0.2) is 17.5 Å². The number of nitrogens with zero attached hydrogens (tertiary/aromatic N) is 1. The van der Waals surface area contributed by atoms with Gasteiger partial charge in [0.05, 0.1) is 6.04 Å². The van der Waals surface area contributed by atoms with E-state index in [9.17, 15) is 18.0 Å². The molecule has 1 aromatic carbocycles. The molecular formula is C15H16F3NO. The van der Waals surface area contributed by atoms with Crippen LogP contribution in [-0.4, -0.2) is 16.8 Å². The standard InChI is InChI=1S/C15H16F3NO/c16-11-7-9(8-12(17)15(11)18)13-5-1-3-10-4-2-6-14(20)19(10)13/h7-8,10,13H,1-6H2/t10-,13?/m1/s1. The molecule has 2 heterocycles. The van der Waals surface area contributed by atoms with E-state index in [2.05, 4.69) is 0 Å². The molecule has 2 atom stereocenters. The topological polar surface area (TPSA) is 20.3 Å². The number of piperidine rings is 2. The first-order valence-corrected chi connectivity index (χ1v) is 7.03. The van der Waals surface area contributed by atoms with Crippen molar-refractivity contribution < 1.29 is 18.0 Å². The largest absolute Gasteiger partial charge is 0.333 e. The Bertz CT molecular complexity index is 521. The van der Waals surface area contributed by atoms with Gasteiger partial charge in [-0.1, -0.05) is 0 Å². The van der Waals surface area contributed by atoms with Crippen LogP contribution in [0.25, 0.3) is 0 Å². The van der Waals surface area contributed by atoms with Crippen molar-refractivity contribution in [3.05, 3.63) is 35.1 Å². The van der Waals surface area contributed by atoms with E-state index in [1.54, 1.807) is 4.90 Å². The zero-order valence-electron chi connectivity index (χ0n) is 11.0. The number of carbonyl (C=O) groups is 1. The summed E-state index contributed by atoms with van der Waals surface area (Å²) in [4.78, 5) is 13.9. The molecule has 2 aliphatic heterocycles. The van der Waals surface area contributed by atoms with Crippen molar-refractivity contribution in [1.82, 2.24) is 4.90 Å². The van der Waals surface area contributed by atoms with Gasteiger partial charge < -0.3 is 4.90 Å². The van der Waals surface area contributed by atoms with Crippen molar-refractivity contribution in [3.8, 4) is 0 Å². The third-order valence-electron chi connectivity index (χ3n) is 4.35. The second-order valence-corrected chi connectivity index (χ2v) is 5.59. The molecule has 20 heavy (non-hydrogen) atoms. The summed E-state index contributed by atoms with van der Waals surface area (Å²) in [7, 11) is 0. The van der Waals surface area contributed by atoms with Crippen LogP contribution < -0.4 is 0 Å². The summed E-state index contributed by atoms with van der Waals surface area (Å²) < 4.78 is 39.9. The molecule has 1 aromatic rings. The van der Waals surface area contributed by atoms with Crippen molar-refractivity contribution in [3.63, 3.8) is 0 Å². The van der Waals surface area contributed by atoms with Gasteiger partial charge in [-0.15, -0.1) is 0 Å². The van der Waals surface area contributed by atoms with Gasteiger partial charge in [-0.3, -0.25) is 4.79 Å². The molecule has 2 aliphatic rings. The Morgan fingerprint density at radius 1 is 1.00 bits per heavy atom. The monoisotopic (exact) mass is 283 g/mol. The maximum atomic E-state index is 13.4. The van der Waals surface area contributed by atoms with Gasteiger partial charge in [-0.05, 0) is 49.8 Å². The number of hydrogen-bond acceptors (Lipinski definition) is 1. The number of benzene rings is 1. The number of rotatable bonds is 1. The molecule has 3 rings (SSSR count). The lowest BCUT2D eigenvalue weighted by molar-refractivity contribution is -0.142. The van der Waals surface area contributed by atoms with E-state index in [0.29, 0.717) is 18.4 Å². The lowest BCUT2D eigenvalue weighted by atomic mass is 9.85. The third kappa shape index (κ3) is 2.19. The zero-order chi connectivity index (χ0) is 14.3. The smallest absolute Gasteiger partial charge is 0.223 e. The molecule has 2 saturated heterocycles. The number of hydrogen-bond donors (Lipinski definition) is 0. The lowest BCUT2D eigenvalue weighted by Crippen LogP contribution is -2.48. The molecule has 1 unspecified atom stereocenters. The van der Waals surface area contributed by atoms with Gasteiger partial charge in [-0.25, -0.2) is 13.2 Å². The summed E-state index contributed by atoms with van der Waals surface area (Å²) in [5, 5.41) is 0. The fraction of sp³-hybridized carbons (Fsp3) is 0.533. The summed E-state index contributed by atoms with van der Waals surface area (Å²) in [6.45, 7) is 0. The fourth-order valence-electron chi connectivity index (χ4n) is 3.45. The number of amides is 1. The highest BCUT2D eigenvalue weighted by atomic mass is 19.2. The van der Waals surface area contributed by atoms with Crippen molar-refractivity contribution >= 4 is 5.91 Å². The maximum Gasteiger partial charge on any atom is 0.223 e. The Kier molecular flexibility index (Phi) is 3.44. The summed E-state index contributed by atoms with van der Waals surface area (Å²) >= 11 is 0. The van der Waals surface area contributed by atoms with Crippen molar-refractivity contribution in [1.29, 1.82) is 0 Å². The second kappa shape index (κ2) is 5.11. The minimum absolute atomic E-state index is 0.0380. The van der Waals surface area contributed by atoms with Crippen LogP contribution in [0, 0.1) is 17.5 Å². The fourth-order valence-corrected chi connectivity index (χ4v) is 3.45. The van der Waals surface area contributed by atoms with Crippen molar-refractivity contribution in [2.75, 3.05) is 0 Å². The predicted octanol–water partition coefficient (Wildman–Crippen LogP) is 3.71. The highest BCUT2D eigenvalue weighted by Crippen LogP contribution is 2.39. The van der Waals surface area contributed by atoms with E-state index in [4.69, 9.17) is 0 Å². The lowest BCUT2D eigenvalue weighted by Gasteiger charge is -2.45. The first-order valence-electron chi connectivity index (χ1n) is 7.03. The molecule has 0 radical (unpaired) electrons. The quantitative estimate of drug-likeness (QED) is 0.719. The Morgan fingerprint density at radius 2 is 1.65 bits per heavy atom. The maximum absolute atomic E-state index is 13.4. The minimum Gasteiger partial charge on any atom is -0.333 e. The average molecular weight is 283 g/mol. The van der Waals surface area contributed by atoms with Crippen molar-refractivity contribution in [2.45, 2.75) is 50.6 Å². The molecule has 1 amide bonds. The van der Waals surface area contributed by atoms with E-state index in [1.807, 2.05) is 0 Å². The first kappa shape index (κ1) is 13.5. The second-order valence-electron chi connectivity index (χ2n) is 5.59. The Balaban J connectivity index is 1.97. The van der Waals surface area contributed by atoms with Crippen molar-refractivity contribution in [2.24, 2.45) is 0 Å². The summed E-state index contributed by atoms with van der Waals surface area (Å²) in [6, 6.07) is 1.87. The Hall–Kier alpha value is -1.52. The SMILES string of the molecule is O=C1CCC[C@H]2CCCC(c3cc(F)c(F)c(F)c3)N12. The van der Waals surface area contributed by atoms with E-state index < -0.39 is 17.5 Å². The van der Waals surface area contributed by atoms with Crippen LogP contribution in [0.5, 0.6) is 0 Å². The Labute approximate surface area is 115 Å². The molecule has 0 N–H and O–H groups in total. The molecule has 0 aromatic heterocycles. The first-order chi connectivity index (χ1) is 9.58. The van der Waals surface area contributed by atoms with E-state index >= 15 is 0 Å². The predicted molar refractivity (Wildman–Crippen MR) is 67.4 cm³/mol. The van der Waals surface area contributed by atoms with E-state index in [1.165, 1.54) is 0 Å². The normalized spacial score (nSPS) is 26.6. The number of halogens is 3. The zero-order valence-corrected chi connectivity index (χ0v) is 11.0. The number of carbonyl (C=O) groups excluding carboxylic acids is 1. The third-order valence-corrected chi connectivity index (χ3v) is 4.35. The van der Waals surface area contributed by atoms with E-state index in [-0.39, 0.29) is 18.0 Å². The molecule has 0 bridgehead atoms. The van der Waals surface area contributed by atoms with Gasteiger partial charge in [0, 0.05) is 12.5 Å². The van der Waals surface area contributed by atoms with Crippen LogP contribution >= 0.6 is 0 Å². The molecule has 2 nitrogen and oxygen atoms in total. The van der Waals surface area contributed by atoms with Crippen LogP contribution in [0.3, 0.4) is 0 Å². The van der Waals surface area contributed by atoms with Gasteiger partial charge in [0.2, 0.25) is 5.91 Å². The van der Waals surface area contributed by atoms with Crippen LogP contribution in [0.1, 0.15) is 50.1 Å². The van der Waals surface area contributed by atoms with Gasteiger partial charge in [0.1, 0.15) is 0 Å². The van der Waals surface area contributed by atoms with Gasteiger partial charge in [0.25, 0.3) is 0 Å². The molecule has 2 fully saturated rings. The molecule has 0 spiro atoms. The average Bonchev–Trinajstić information content (AvgIpc) is 2.44. The van der Waals surface area contributed by atoms with Crippen LogP contribution in [-0.2, 0) is 4.79 Å². The van der Waals surface area contributed by atoms with Crippen LogP contribution in [0.4, 0.5) is 13.2 Å². The highest BCUT2D eigenvalue weighted by Gasteiger charge is 2.37. The number of fused-ring (bicyclic) bond motifs is 1. The minimum atomic E-state index is -1.45. The molecule has 108 valence electrons. The Morgan fingerprint density at radius 3 is 2.35 bits per heavy atom. The summed E-state index contributed by atoms with van der Waals surface area (Å²) in [5.41, 5.74) is 0.362. The summed E-state index contributed by atoms with van der Waals surface area (Å²) in [6.07, 6.45) is 4.83. The summed E-state index contributed by atoms with van der Waals surface area (Å²) in [5.74, 6) is -3.79. The van der Waals surface area contributed by atoms with E-state index in [0.717, 1.165) is 37.8 Å². The molecule has 5 heteroatoms.